The van der Waals surface area contributed by atoms with Gasteiger partial charge in [0.05, 0.1) is 58.5 Å². The van der Waals surface area contributed by atoms with Crippen molar-refractivity contribution in [2.75, 3.05) is 52.9 Å². The molecule has 0 radical (unpaired) electrons. The van der Waals surface area contributed by atoms with Crippen molar-refractivity contribution in [2.45, 2.75) is 18.9 Å². The topological polar surface area (TPSA) is 57.2 Å². The normalized spacial score (nSPS) is 21.5. The van der Waals surface area contributed by atoms with Gasteiger partial charge in [-0.1, -0.05) is 24.3 Å². The van der Waals surface area contributed by atoms with Crippen LogP contribution in [0.1, 0.15) is 13.3 Å². The van der Waals surface area contributed by atoms with Crippen molar-refractivity contribution in [1.82, 2.24) is 0 Å². The van der Waals surface area contributed by atoms with Gasteiger partial charge in [-0.2, -0.15) is 0 Å². The van der Waals surface area contributed by atoms with Gasteiger partial charge in [-0.05, 0) is 13.3 Å². The molecule has 1 aliphatic carbocycles. The molecule has 0 bridgehead atoms. The fourth-order valence-corrected chi connectivity index (χ4v) is 1.75. The number of ether oxygens (including phenoxy) is 4. The van der Waals surface area contributed by atoms with Crippen LogP contribution in [0, 0.1) is 0 Å². The van der Waals surface area contributed by atoms with Crippen molar-refractivity contribution >= 4 is 0 Å². The van der Waals surface area contributed by atoms with E-state index in [0.717, 1.165) is 6.42 Å². The lowest BCUT2D eigenvalue weighted by Crippen LogP contribution is -2.28. The van der Waals surface area contributed by atoms with Crippen LogP contribution in [0.4, 0.5) is 0 Å². The Bertz CT molecular complexity index is 290. The minimum Gasteiger partial charge on any atom is -0.394 e. The second-order valence-corrected chi connectivity index (χ2v) is 4.71. The summed E-state index contributed by atoms with van der Waals surface area (Å²) in [7, 11) is 0. The summed E-state index contributed by atoms with van der Waals surface area (Å²) < 4.78 is 21.6. The van der Waals surface area contributed by atoms with Gasteiger partial charge in [0.2, 0.25) is 0 Å². The van der Waals surface area contributed by atoms with E-state index in [4.69, 9.17) is 24.1 Å². The third kappa shape index (κ3) is 8.45. The molecule has 0 fully saturated rings. The maximum atomic E-state index is 8.50. The van der Waals surface area contributed by atoms with Gasteiger partial charge in [-0.15, -0.1) is 0 Å². The van der Waals surface area contributed by atoms with Crippen molar-refractivity contribution in [3.05, 3.63) is 24.3 Å². The smallest absolute Gasteiger partial charge is 0.0872 e. The Morgan fingerprint density at radius 1 is 0.900 bits per heavy atom. The first-order valence-electron chi connectivity index (χ1n) is 7.09. The number of allylic oxidation sites excluding steroid dienone is 2. The number of aliphatic hydroxyl groups excluding tert-OH is 1. The van der Waals surface area contributed by atoms with Crippen molar-refractivity contribution in [3.63, 3.8) is 0 Å². The summed E-state index contributed by atoms with van der Waals surface area (Å²) in [6, 6.07) is 0. The molecule has 1 rings (SSSR count). The van der Waals surface area contributed by atoms with Gasteiger partial charge >= 0.3 is 0 Å². The Morgan fingerprint density at radius 3 is 2.05 bits per heavy atom. The van der Waals surface area contributed by atoms with E-state index in [-0.39, 0.29) is 12.2 Å². The predicted octanol–water partition coefficient (Wildman–Crippen LogP) is 1.32. The second kappa shape index (κ2) is 11.0. The van der Waals surface area contributed by atoms with Crippen LogP contribution in [0.15, 0.2) is 24.3 Å². The van der Waals surface area contributed by atoms with Gasteiger partial charge in [0.15, 0.2) is 0 Å². The average molecular weight is 286 g/mol. The quantitative estimate of drug-likeness (QED) is 0.548. The van der Waals surface area contributed by atoms with Gasteiger partial charge in [0.1, 0.15) is 0 Å². The predicted molar refractivity (Wildman–Crippen MR) is 76.8 cm³/mol. The molecular weight excluding hydrogens is 260 g/mol. The van der Waals surface area contributed by atoms with Crippen molar-refractivity contribution < 1.29 is 24.1 Å². The van der Waals surface area contributed by atoms with Crippen LogP contribution in [-0.4, -0.2) is 63.6 Å². The first-order valence-corrected chi connectivity index (χ1v) is 7.09. The van der Waals surface area contributed by atoms with Gasteiger partial charge in [0, 0.05) is 0 Å². The highest BCUT2D eigenvalue weighted by molar-refractivity contribution is 5.17. The molecule has 5 heteroatoms. The SMILES string of the molecule is CC1(OCCOCCOCCOCCO)C=CC=CC1. The molecule has 20 heavy (non-hydrogen) atoms. The number of rotatable bonds is 12. The van der Waals surface area contributed by atoms with E-state index < -0.39 is 0 Å². The van der Waals surface area contributed by atoms with Crippen LogP contribution >= 0.6 is 0 Å². The first-order chi connectivity index (χ1) is 9.77. The minimum atomic E-state index is -0.196. The fraction of sp³-hybridized carbons (Fsp3) is 0.733. The zero-order chi connectivity index (χ0) is 14.5. The molecule has 0 aliphatic heterocycles. The molecule has 0 aromatic rings. The van der Waals surface area contributed by atoms with E-state index >= 15 is 0 Å². The van der Waals surface area contributed by atoms with Crippen LogP contribution in [-0.2, 0) is 18.9 Å². The largest absolute Gasteiger partial charge is 0.394 e. The number of hydrogen-bond acceptors (Lipinski definition) is 5. The molecule has 5 nitrogen and oxygen atoms in total. The van der Waals surface area contributed by atoms with Crippen LogP contribution in [0.2, 0.25) is 0 Å². The lowest BCUT2D eigenvalue weighted by molar-refractivity contribution is -0.0399. The first kappa shape index (κ1) is 17.3. The summed E-state index contributed by atoms with van der Waals surface area (Å²) in [4.78, 5) is 0. The van der Waals surface area contributed by atoms with Gasteiger partial charge in [-0.25, -0.2) is 0 Å². The molecule has 0 saturated carbocycles. The second-order valence-electron chi connectivity index (χ2n) is 4.71. The molecule has 0 saturated heterocycles. The Labute approximate surface area is 121 Å². The number of aliphatic hydroxyl groups is 1. The molecule has 0 heterocycles. The summed E-state index contributed by atoms with van der Waals surface area (Å²) >= 11 is 0. The van der Waals surface area contributed by atoms with Gasteiger partial charge < -0.3 is 24.1 Å². The molecule has 1 aliphatic rings. The lowest BCUT2D eigenvalue weighted by atomic mass is 9.98. The number of hydrogen-bond donors (Lipinski definition) is 1. The van der Waals surface area contributed by atoms with Crippen LogP contribution < -0.4 is 0 Å². The zero-order valence-corrected chi connectivity index (χ0v) is 12.3. The Morgan fingerprint density at radius 2 is 1.50 bits per heavy atom. The maximum Gasteiger partial charge on any atom is 0.0872 e. The highest BCUT2D eigenvalue weighted by Gasteiger charge is 2.20. The monoisotopic (exact) mass is 286 g/mol. The molecule has 0 aromatic heterocycles. The van der Waals surface area contributed by atoms with E-state index in [1.807, 2.05) is 12.2 Å². The average Bonchev–Trinajstić information content (AvgIpc) is 2.45. The molecule has 1 atom stereocenters. The third-order valence-electron chi connectivity index (χ3n) is 2.86. The van der Waals surface area contributed by atoms with Crippen molar-refractivity contribution in [1.29, 1.82) is 0 Å². The van der Waals surface area contributed by atoms with E-state index in [0.29, 0.717) is 46.2 Å². The third-order valence-corrected chi connectivity index (χ3v) is 2.86. The van der Waals surface area contributed by atoms with Gasteiger partial charge in [-0.3, -0.25) is 0 Å². The van der Waals surface area contributed by atoms with Crippen LogP contribution in [0.3, 0.4) is 0 Å². The molecular formula is C15H26O5. The summed E-state index contributed by atoms with van der Waals surface area (Å²) in [5.41, 5.74) is -0.196. The van der Waals surface area contributed by atoms with Crippen molar-refractivity contribution in [2.24, 2.45) is 0 Å². The highest BCUT2D eigenvalue weighted by atomic mass is 16.6. The van der Waals surface area contributed by atoms with E-state index in [1.165, 1.54) is 0 Å². The highest BCUT2D eigenvalue weighted by Crippen LogP contribution is 2.21. The van der Waals surface area contributed by atoms with Crippen LogP contribution in [0.25, 0.3) is 0 Å². The Balaban J connectivity index is 1.83. The van der Waals surface area contributed by atoms with Crippen molar-refractivity contribution in [3.8, 4) is 0 Å². The van der Waals surface area contributed by atoms with E-state index in [9.17, 15) is 0 Å². The summed E-state index contributed by atoms with van der Waals surface area (Å²) in [5, 5.41) is 8.50. The zero-order valence-electron chi connectivity index (χ0n) is 12.3. The van der Waals surface area contributed by atoms with E-state index in [2.05, 4.69) is 19.1 Å². The lowest BCUT2D eigenvalue weighted by Gasteiger charge is -2.26. The van der Waals surface area contributed by atoms with Crippen LogP contribution in [0.5, 0.6) is 0 Å². The van der Waals surface area contributed by atoms with Gasteiger partial charge in [0.25, 0.3) is 0 Å². The molecule has 116 valence electrons. The summed E-state index contributed by atoms with van der Waals surface area (Å²) in [5.74, 6) is 0. The molecule has 0 aromatic carbocycles. The van der Waals surface area contributed by atoms with E-state index in [1.54, 1.807) is 0 Å². The Hall–Kier alpha value is -0.720. The molecule has 0 spiro atoms. The Kier molecular flexibility index (Phi) is 9.53. The fourth-order valence-electron chi connectivity index (χ4n) is 1.75. The summed E-state index contributed by atoms with van der Waals surface area (Å²) in [6.07, 6.45) is 9.12. The molecule has 0 amide bonds. The minimum absolute atomic E-state index is 0.0486. The maximum absolute atomic E-state index is 8.50. The molecule has 1 unspecified atom stereocenters. The molecule has 1 N–H and O–H groups in total. The summed E-state index contributed by atoms with van der Waals surface area (Å²) in [6.45, 7) is 5.75. The standard InChI is InChI=1S/C15H26O5/c1-15(5-3-2-4-6-15)20-14-13-19-12-11-18-10-9-17-8-7-16/h2-5,16H,6-14H2,1H3.